The van der Waals surface area contributed by atoms with Crippen LogP contribution in [0.4, 0.5) is 0 Å². The number of aliphatic hydroxyl groups excluding tert-OH is 2. The molecular weight excluding hydrogens is 182 g/mol. The smallest absolute Gasteiger partial charge is 0.100 e. The summed E-state index contributed by atoms with van der Waals surface area (Å²) in [6, 6.07) is 0. The maximum absolute atomic E-state index is 9.18. The molecule has 1 fully saturated rings. The van der Waals surface area contributed by atoms with Crippen molar-refractivity contribution in [3.8, 4) is 0 Å². The molecule has 1 aliphatic carbocycles. The Kier molecular flexibility index (Phi) is 4.81. The third-order valence-corrected chi connectivity index (χ3v) is 2.93. The Morgan fingerprint density at radius 1 is 1.29 bits per heavy atom. The van der Waals surface area contributed by atoms with Crippen LogP contribution in [0, 0.1) is 0 Å². The highest BCUT2D eigenvalue weighted by Crippen LogP contribution is 2.30. The molecule has 0 saturated heterocycles. The first-order valence-electron chi connectivity index (χ1n) is 5.35. The van der Waals surface area contributed by atoms with Gasteiger partial charge in [0.15, 0.2) is 0 Å². The van der Waals surface area contributed by atoms with Gasteiger partial charge in [-0.3, -0.25) is 0 Å². The minimum atomic E-state index is -0.777. The third-order valence-electron chi connectivity index (χ3n) is 2.93. The van der Waals surface area contributed by atoms with E-state index in [4.69, 9.17) is 15.6 Å². The second-order valence-corrected chi connectivity index (χ2v) is 4.10. The molecule has 0 aromatic carbocycles. The Hall–Kier alpha value is -0.160. The van der Waals surface area contributed by atoms with Crippen LogP contribution in [0.25, 0.3) is 0 Å². The van der Waals surface area contributed by atoms with E-state index in [1.54, 1.807) is 0 Å². The summed E-state index contributed by atoms with van der Waals surface area (Å²) in [6.07, 6.45) is 4.70. The fourth-order valence-electron chi connectivity index (χ4n) is 1.93. The van der Waals surface area contributed by atoms with Crippen LogP contribution in [0.3, 0.4) is 0 Å². The number of rotatable bonds is 5. The van der Waals surface area contributed by atoms with Gasteiger partial charge in [-0.15, -0.1) is 0 Å². The second-order valence-electron chi connectivity index (χ2n) is 4.10. The summed E-state index contributed by atoms with van der Waals surface area (Å²) < 4.78 is 5.64. The summed E-state index contributed by atoms with van der Waals surface area (Å²) in [4.78, 5) is 0. The first kappa shape index (κ1) is 11.9. The average molecular weight is 203 g/mol. The highest BCUT2D eigenvalue weighted by molar-refractivity contribution is 4.85. The van der Waals surface area contributed by atoms with Crippen LogP contribution >= 0.6 is 0 Å². The molecule has 0 radical (unpaired) electrons. The number of aliphatic hydroxyl groups is 2. The molecule has 0 heterocycles. The van der Waals surface area contributed by atoms with Crippen LogP contribution in [0.15, 0.2) is 0 Å². The molecule has 1 atom stereocenters. The topological polar surface area (TPSA) is 75.7 Å². The zero-order valence-electron chi connectivity index (χ0n) is 8.61. The highest BCUT2D eigenvalue weighted by Gasteiger charge is 2.31. The lowest BCUT2D eigenvalue weighted by Gasteiger charge is -2.36. The van der Waals surface area contributed by atoms with Crippen LogP contribution in [0.2, 0.25) is 0 Å². The number of hydrogen-bond acceptors (Lipinski definition) is 4. The van der Waals surface area contributed by atoms with Gasteiger partial charge in [0, 0.05) is 6.54 Å². The van der Waals surface area contributed by atoms with Gasteiger partial charge in [-0.2, -0.15) is 0 Å². The maximum atomic E-state index is 9.18. The quantitative estimate of drug-likeness (QED) is 0.588. The van der Waals surface area contributed by atoms with Gasteiger partial charge in [-0.25, -0.2) is 0 Å². The van der Waals surface area contributed by atoms with E-state index < -0.39 is 6.10 Å². The fourth-order valence-corrected chi connectivity index (χ4v) is 1.93. The predicted octanol–water partition coefficient (Wildman–Crippen LogP) is 0.0178. The Morgan fingerprint density at radius 2 is 1.93 bits per heavy atom. The van der Waals surface area contributed by atoms with Crippen molar-refractivity contribution < 1.29 is 14.9 Å². The minimum Gasteiger partial charge on any atom is -0.394 e. The molecule has 4 heteroatoms. The molecular formula is C10H21NO3. The summed E-state index contributed by atoms with van der Waals surface area (Å²) in [5.74, 6) is 0. The van der Waals surface area contributed by atoms with Gasteiger partial charge in [0.1, 0.15) is 6.10 Å². The number of ether oxygens (including phenoxy) is 1. The summed E-state index contributed by atoms with van der Waals surface area (Å²) in [5.41, 5.74) is 5.46. The molecule has 4 N–H and O–H groups in total. The highest BCUT2D eigenvalue weighted by atomic mass is 16.5. The second kappa shape index (κ2) is 5.66. The van der Waals surface area contributed by atoms with Gasteiger partial charge < -0.3 is 20.7 Å². The van der Waals surface area contributed by atoms with E-state index in [1.165, 1.54) is 6.42 Å². The van der Waals surface area contributed by atoms with Crippen LogP contribution in [-0.4, -0.2) is 41.7 Å². The molecule has 0 aromatic rings. The van der Waals surface area contributed by atoms with E-state index in [0.717, 1.165) is 25.7 Å². The summed E-state index contributed by atoms with van der Waals surface area (Å²) in [5, 5.41) is 17.8. The normalized spacial score (nSPS) is 23.4. The van der Waals surface area contributed by atoms with Crippen molar-refractivity contribution in [2.75, 3.05) is 19.8 Å². The molecule has 1 rings (SSSR count). The van der Waals surface area contributed by atoms with Crippen molar-refractivity contribution in [3.05, 3.63) is 0 Å². The van der Waals surface area contributed by atoms with Crippen molar-refractivity contribution in [1.29, 1.82) is 0 Å². The largest absolute Gasteiger partial charge is 0.394 e. The van der Waals surface area contributed by atoms with Crippen LogP contribution < -0.4 is 5.73 Å². The van der Waals surface area contributed by atoms with E-state index in [1.807, 2.05) is 0 Å². The molecule has 14 heavy (non-hydrogen) atoms. The van der Waals surface area contributed by atoms with Crippen molar-refractivity contribution in [2.24, 2.45) is 5.73 Å². The van der Waals surface area contributed by atoms with E-state index >= 15 is 0 Å². The molecule has 0 bridgehead atoms. The van der Waals surface area contributed by atoms with Crippen molar-refractivity contribution in [2.45, 2.75) is 43.8 Å². The lowest BCUT2D eigenvalue weighted by molar-refractivity contribution is -0.100. The van der Waals surface area contributed by atoms with Crippen LogP contribution in [0.5, 0.6) is 0 Å². The molecule has 84 valence electrons. The Balaban J connectivity index is 2.36. The molecule has 1 unspecified atom stereocenters. The SMILES string of the molecule is NCC1(OCC(O)CO)CCCCC1. The van der Waals surface area contributed by atoms with Crippen molar-refractivity contribution >= 4 is 0 Å². The van der Waals surface area contributed by atoms with E-state index in [2.05, 4.69) is 0 Å². The van der Waals surface area contributed by atoms with Crippen LogP contribution in [0.1, 0.15) is 32.1 Å². The maximum Gasteiger partial charge on any atom is 0.100 e. The predicted molar refractivity (Wildman–Crippen MR) is 53.9 cm³/mol. The molecule has 1 saturated carbocycles. The zero-order valence-corrected chi connectivity index (χ0v) is 8.61. The standard InChI is InChI=1S/C10H21NO3/c11-8-10(4-2-1-3-5-10)14-7-9(13)6-12/h9,12-13H,1-8,11H2. The Labute approximate surface area is 85.1 Å². The van der Waals surface area contributed by atoms with Gasteiger partial charge in [0.05, 0.1) is 18.8 Å². The Bertz CT molecular complexity index is 157. The number of nitrogens with two attached hydrogens (primary N) is 1. The van der Waals surface area contributed by atoms with Crippen LogP contribution in [-0.2, 0) is 4.74 Å². The minimum absolute atomic E-state index is 0.188. The van der Waals surface area contributed by atoms with Crippen molar-refractivity contribution in [1.82, 2.24) is 0 Å². The third kappa shape index (κ3) is 3.20. The first-order chi connectivity index (χ1) is 6.72. The summed E-state index contributed by atoms with van der Waals surface area (Å²) in [6.45, 7) is 0.444. The van der Waals surface area contributed by atoms with E-state index in [-0.39, 0.29) is 18.8 Å². The lowest BCUT2D eigenvalue weighted by Crippen LogP contribution is -2.44. The molecule has 1 aliphatic rings. The number of hydrogen-bond donors (Lipinski definition) is 3. The average Bonchev–Trinajstić information content (AvgIpc) is 2.27. The van der Waals surface area contributed by atoms with E-state index in [9.17, 15) is 5.11 Å². The lowest BCUT2D eigenvalue weighted by atomic mass is 9.84. The first-order valence-corrected chi connectivity index (χ1v) is 5.35. The molecule has 4 nitrogen and oxygen atoms in total. The molecule has 0 aliphatic heterocycles. The van der Waals surface area contributed by atoms with Gasteiger partial charge in [-0.1, -0.05) is 19.3 Å². The van der Waals surface area contributed by atoms with Gasteiger partial charge >= 0.3 is 0 Å². The fraction of sp³-hybridized carbons (Fsp3) is 1.00. The molecule has 0 aromatic heterocycles. The van der Waals surface area contributed by atoms with Gasteiger partial charge in [-0.05, 0) is 12.8 Å². The Morgan fingerprint density at radius 3 is 2.43 bits per heavy atom. The monoisotopic (exact) mass is 203 g/mol. The molecule has 0 spiro atoms. The summed E-state index contributed by atoms with van der Waals surface area (Å²) in [7, 11) is 0. The van der Waals surface area contributed by atoms with E-state index in [0.29, 0.717) is 6.54 Å². The summed E-state index contributed by atoms with van der Waals surface area (Å²) >= 11 is 0. The zero-order chi connectivity index (χ0) is 10.4. The van der Waals surface area contributed by atoms with Gasteiger partial charge in [0.25, 0.3) is 0 Å². The van der Waals surface area contributed by atoms with Gasteiger partial charge in [0.2, 0.25) is 0 Å². The molecule has 0 amide bonds. The van der Waals surface area contributed by atoms with Crippen molar-refractivity contribution in [3.63, 3.8) is 0 Å².